The quantitative estimate of drug-likeness (QED) is 0.0427. The first kappa shape index (κ1) is 46.2. The summed E-state index contributed by atoms with van der Waals surface area (Å²) in [5.41, 5.74) is 2.66. The smallest absolute Gasteiger partial charge is 0.398 e. The third kappa shape index (κ3) is 26.7. The molecule has 0 unspecified atom stereocenters. The van der Waals surface area contributed by atoms with Gasteiger partial charge in [0.05, 0.1) is 0 Å². The van der Waals surface area contributed by atoms with Gasteiger partial charge in [-0.2, -0.15) is 0 Å². The zero-order valence-electron chi connectivity index (χ0n) is 32.3. The van der Waals surface area contributed by atoms with Crippen LogP contribution in [0.3, 0.4) is 0 Å². The van der Waals surface area contributed by atoms with Crippen LogP contribution >= 0.6 is 0 Å². The summed E-state index contributed by atoms with van der Waals surface area (Å²) in [4.78, 5) is 0. The molecule has 7 heteroatoms. The van der Waals surface area contributed by atoms with Gasteiger partial charge in [-0.3, -0.25) is 0 Å². The van der Waals surface area contributed by atoms with E-state index in [-0.39, 0.29) is 0 Å². The van der Waals surface area contributed by atoms with Crippen LogP contribution in [0.5, 0.6) is 0 Å². The van der Waals surface area contributed by atoms with Crippen LogP contribution in [-0.4, -0.2) is 51.4 Å². The molecule has 1 aromatic carbocycles. The Hall–Kier alpha value is -0.806. The molecule has 0 saturated carbocycles. The van der Waals surface area contributed by atoms with Crippen molar-refractivity contribution in [1.29, 1.82) is 0 Å². The van der Waals surface area contributed by atoms with Gasteiger partial charge in [0.15, 0.2) is 0 Å². The molecule has 0 fully saturated rings. The Bertz CT molecular complexity index is 783. The van der Waals surface area contributed by atoms with Gasteiger partial charge in [-0.25, -0.2) is 0 Å². The molecule has 1 rings (SSSR count). The van der Waals surface area contributed by atoms with Crippen molar-refractivity contribution >= 4 is 17.4 Å². The second kappa shape index (κ2) is 32.4. The minimum absolute atomic E-state index is 0.683. The van der Waals surface area contributed by atoms with Gasteiger partial charge in [-0.15, -0.1) is 6.58 Å². The summed E-state index contributed by atoms with van der Waals surface area (Å²) in [5, 5.41) is 0. The van der Waals surface area contributed by atoms with E-state index in [4.69, 9.17) is 22.1 Å². The molecule has 0 amide bonds. The molecule has 47 heavy (non-hydrogen) atoms. The minimum Gasteiger partial charge on any atom is -0.398 e. The summed E-state index contributed by atoms with van der Waals surface area (Å²) in [6.07, 6.45) is 29.4. The number of rotatable bonds is 32. The lowest BCUT2D eigenvalue weighted by Gasteiger charge is -2.28. The number of benzene rings is 1. The molecule has 0 saturated heterocycles. The normalized spacial score (nSPS) is 11.8. The summed E-state index contributed by atoms with van der Waals surface area (Å²) in [6.45, 7) is 16.2. The molecule has 0 atom stereocenters. The maximum Gasteiger partial charge on any atom is 0.500 e. The molecule has 0 aliphatic carbocycles. The monoisotopic (exact) mass is 695 g/mol. The van der Waals surface area contributed by atoms with Gasteiger partial charge in [0, 0.05) is 40.1 Å². The number of hydrogen-bond acceptors (Lipinski definition) is 5. The van der Waals surface area contributed by atoms with Crippen LogP contribution in [-0.2, 0) is 28.6 Å². The molecule has 0 heterocycles. The van der Waals surface area contributed by atoms with Crippen molar-refractivity contribution in [1.82, 2.24) is 0 Å². The maximum atomic E-state index is 5.94. The summed E-state index contributed by atoms with van der Waals surface area (Å²) in [7, 11) is -0.824. The average molecular weight is 695 g/mol. The number of hydrogen-bond donors (Lipinski definition) is 0. The standard InChI is InChI=1S/C28H58O3Si.C12H20O2Si/c1-5-9-10-11-12-13-14-15-16-17-18-19-20-21-22-23-24-25-26-27-28-32(29-6-2,30-7-3)31-8-4;1-11-5-7-12(8-6-11)9-10-15(4,13-2)14-3/h5H,1,6-28H2,2-4H3;5-8H,9-10H2,1-4H3. The van der Waals surface area contributed by atoms with Crippen LogP contribution in [0.4, 0.5) is 0 Å². The largest absolute Gasteiger partial charge is 0.500 e. The van der Waals surface area contributed by atoms with Crippen LogP contribution in [0, 0.1) is 6.92 Å². The Morgan fingerprint density at radius 2 is 0.915 bits per heavy atom. The molecule has 0 aromatic heterocycles. The highest BCUT2D eigenvalue weighted by Crippen LogP contribution is 2.21. The van der Waals surface area contributed by atoms with Gasteiger partial charge in [0.1, 0.15) is 0 Å². The van der Waals surface area contributed by atoms with Crippen molar-refractivity contribution in [3.8, 4) is 0 Å². The molecule has 0 bridgehead atoms. The van der Waals surface area contributed by atoms with Crippen molar-refractivity contribution in [3.63, 3.8) is 0 Å². The maximum absolute atomic E-state index is 5.94. The predicted octanol–water partition coefficient (Wildman–Crippen LogP) is 12.5. The summed E-state index contributed by atoms with van der Waals surface area (Å²) in [6, 6.07) is 10.6. The van der Waals surface area contributed by atoms with Crippen LogP contribution in [0.2, 0.25) is 18.6 Å². The van der Waals surface area contributed by atoms with E-state index >= 15 is 0 Å². The molecule has 0 N–H and O–H groups in total. The van der Waals surface area contributed by atoms with Crippen LogP contribution in [0.1, 0.15) is 154 Å². The van der Waals surface area contributed by atoms with E-state index in [9.17, 15) is 0 Å². The molecule has 1 aromatic rings. The van der Waals surface area contributed by atoms with Gasteiger partial charge in [0.25, 0.3) is 0 Å². The molecule has 276 valence electrons. The number of unbranched alkanes of at least 4 members (excludes halogenated alkanes) is 18. The third-order valence-electron chi connectivity index (χ3n) is 9.09. The van der Waals surface area contributed by atoms with E-state index in [0.717, 1.165) is 18.5 Å². The molecular formula is C40H78O5Si2. The molecule has 0 aliphatic heterocycles. The van der Waals surface area contributed by atoms with Gasteiger partial charge >= 0.3 is 17.4 Å². The number of allylic oxidation sites excluding steroid dienone is 1. The molecule has 0 radical (unpaired) electrons. The van der Waals surface area contributed by atoms with E-state index < -0.39 is 17.4 Å². The first-order valence-corrected chi connectivity index (χ1v) is 24.0. The Labute approximate surface area is 295 Å². The zero-order valence-corrected chi connectivity index (χ0v) is 34.3. The first-order chi connectivity index (χ1) is 22.8. The molecule has 0 spiro atoms. The first-order valence-electron chi connectivity index (χ1n) is 19.5. The van der Waals surface area contributed by atoms with Crippen molar-refractivity contribution in [2.45, 2.75) is 175 Å². The van der Waals surface area contributed by atoms with Crippen LogP contribution in [0.25, 0.3) is 0 Å². The Balaban J connectivity index is 0.00000117. The van der Waals surface area contributed by atoms with E-state index in [1.807, 2.05) is 26.8 Å². The predicted molar refractivity (Wildman–Crippen MR) is 209 cm³/mol. The van der Waals surface area contributed by atoms with Crippen LogP contribution < -0.4 is 0 Å². The summed E-state index contributed by atoms with van der Waals surface area (Å²) in [5.74, 6) is 0. The molecular weight excluding hydrogens is 617 g/mol. The lowest BCUT2D eigenvalue weighted by molar-refractivity contribution is 0.0706. The van der Waals surface area contributed by atoms with E-state index in [0.29, 0.717) is 19.8 Å². The fourth-order valence-corrected chi connectivity index (χ4v) is 9.88. The van der Waals surface area contributed by atoms with Crippen LogP contribution in [0.15, 0.2) is 36.9 Å². The highest BCUT2D eigenvalue weighted by Gasteiger charge is 2.39. The van der Waals surface area contributed by atoms with Gasteiger partial charge in [0.2, 0.25) is 0 Å². The second-order valence-corrected chi connectivity index (χ2v) is 19.5. The lowest BCUT2D eigenvalue weighted by atomic mass is 10.0. The fourth-order valence-electron chi connectivity index (χ4n) is 5.87. The number of aryl methyl sites for hydroxylation is 2. The van der Waals surface area contributed by atoms with Crippen molar-refractivity contribution in [2.24, 2.45) is 0 Å². The fraction of sp³-hybridized carbons (Fsp3) is 0.800. The third-order valence-corrected chi connectivity index (χ3v) is 15.1. The van der Waals surface area contributed by atoms with Gasteiger partial charge in [-0.1, -0.05) is 139 Å². The summed E-state index contributed by atoms with van der Waals surface area (Å²) >= 11 is 0. The Morgan fingerprint density at radius 1 is 0.553 bits per heavy atom. The minimum atomic E-state index is -2.41. The van der Waals surface area contributed by atoms with Gasteiger partial charge < -0.3 is 22.1 Å². The highest BCUT2D eigenvalue weighted by molar-refractivity contribution is 6.65. The SMILES string of the molecule is C=CCCCCCCCCCCCCCCCCCCCC[Si](OCC)(OCC)OCC.CO[Si](C)(CCc1ccc(C)cc1)OC. The lowest BCUT2D eigenvalue weighted by Crippen LogP contribution is -2.45. The Kier molecular flexibility index (Phi) is 31.8. The average Bonchev–Trinajstić information content (AvgIpc) is 3.07. The topological polar surface area (TPSA) is 46.2 Å². The van der Waals surface area contributed by atoms with Crippen molar-refractivity contribution in [3.05, 3.63) is 48.0 Å². The van der Waals surface area contributed by atoms with Crippen molar-refractivity contribution < 1.29 is 22.1 Å². The van der Waals surface area contributed by atoms with E-state index in [2.05, 4.69) is 44.3 Å². The summed E-state index contributed by atoms with van der Waals surface area (Å²) < 4.78 is 28.7. The molecule has 5 nitrogen and oxygen atoms in total. The second-order valence-electron chi connectivity index (χ2n) is 13.2. The zero-order chi connectivity index (χ0) is 34.9. The van der Waals surface area contributed by atoms with Gasteiger partial charge in [-0.05, 0) is 71.5 Å². The van der Waals surface area contributed by atoms with E-state index in [1.54, 1.807) is 14.2 Å². The Morgan fingerprint density at radius 3 is 1.26 bits per heavy atom. The van der Waals surface area contributed by atoms with E-state index in [1.165, 1.54) is 133 Å². The van der Waals surface area contributed by atoms with Crippen molar-refractivity contribution in [2.75, 3.05) is 34.0 Å². The highest BCUT2D eigenvalue weighted by atomic mass is 28.4. The molecule has 0 aliphatic rings.